The summed E-state index contributed by atoms with van der Waals surface area (Å²) in [7, 11) is 0. The maximum Gasteiger partial charge on any atom is 0.323 e. The normalized spacial score (nSPS) is 14.9. The first-order valence-corrected chi connectivity index (χ1v) is 9.89. The number of nitriles is 1. The molecule has 0 unspecified atom stereocenters. The number of halogens is 1. The average molecular weight is 424 g/mol. The lowest BCUT2D eigenvalue weighted by atomic mass is 9.66. The molecule has 4 nitrogen and oxygen atoms in total. The quantitative estimate of drug-likeness (QED) is 0.645. The van der Waals surface area contributed by atoms with Crippen LogP contribution in [0.25, 0.3) is 5.70 Å². The Morgan fingerprint density at radius 2 is 1.78 bits per heavy atom. The van der Waals surface area contributed by atoms with E-state index in [1.54, 1.807) is 0 Å². The lowest BCUT2D eigenvalue weighted by molar-refractivity contribution is 0.255. The van der Waals surface area contributed by atoms with Crippen molar-refractivity contribution in [2.45, 2.75) is 33.1 Å². The highest BCUT2D eigenvalue weighted by atomic mass is 79.9. The molecule has 1 aliphatic rings. The van der Waals surface area contributed by atoms with Crippen molar-refractivity contribution in [3.63, 3.8) is 0 Å². The molecule has 0 heterocycles. The Kier molecular flexibility index (Phi) is 5.67. The van der Waals surface area contributed by atoms with Crippen LogP contribution >= 0.6 is 15.9 Å². The standard InChI is InChI=1S/C22H22BrN3O/c1-3-22(4-2)13-15-7-5-6-8-18(15)20(19(22)14-24)26-21(27)25-17-11-9-16(23)10-12-17/h5-12H,3-4,13H2,1-2H3,(H2,25,26,27). The molecule has 2 N–H and O–H groups in total. The predicted molar refractivity (Wildman–Crippen MR) is 112 cm³/mol. The van der Waals surface area contributed by atoms with Gasteiger partial charge < -0.3 is 10.6 Å². The summed E-state index contributed by atoms with van der Waals surface area (Å²) in [5, 5.41) is 15.7. The maximum atomic E-state index is 12.6. The van der Waals surface area contributed by atoms with Gasteiger partial charge in [-0.3, -0.25) is 0 Å². The summed E-state index contributed by atoms with van der Waals surface area (Å²) in [6.45, 7) is 4.21. The number of nitrogens with zero attached hydrogens (tertiary/aromatic N) is 1. The third kappa shape index (κ3) is 3.77. The zero-order valence-corrected chi connectivity index (χ0v) is 17.1. The number of anilines is 1. The smallest absolute Gasteiger partial charge is 0.308 e. The van der Waals surface area contributed by atoms with Crippen LogP contribution in [-0.4, -0.2) is 6.03 Å². The highest BCUT2D eigenvalue weighted by Crippen LogP contribution is 2.46. The minimum Gasteiger partial charge on any atom is -0.308 e. The van der Waals surface area contributed by atoms with Crippen LogP contribution in [-0.2, 0) is 6.42 Å². The molecular formula is C22H22BrN3O. The van der Waals surface area contributed by atoms with Crippen LogP contribution in [0.15, 0.2) is 58.6 Å². The molecule has 138 valence electrons. The third-order valence-corrected chi connectivity index (χ3v) is 5.93. The average Bonchev–Trinajstić information content (AvgIpc) is 2.69. The van der Waals surface area contributed by atoms with Crippen molar-refractivity contribution in [2.75, 3.05) is 5.32 Å². The fourth-order valence-corrected chi connectivity index (χ4v) is 4.00. The summed E-state index contributed by atoms with van der Waals surface area (Å²) in [5.74, 6) is 0. The second kappa shape index (κ2) is 7.98. The minimum absolute atomic E-state index is 0.247. The highest BCUT2D eigenvalue weighted by molar-refractivity contribution is 9.10. The molecule has 0 bridgehead atoms. The highest BCUT2D eigenvalue weighted by Gasteiger charge is 2.39. The van der Waals surface area contributed by atoms with Crippen LogP contribution in [0.5, 0.6) is 0 Å². The molecular weight excluding hydrogens is 402 g/mol. The number of carbonyl (C=O) groups is 1. The van der Waals surface area contributed by atoms with Crippen molar-refractivity contribution in [3.05, 3.63) is 69.7 Å². The first-order chi connectivity index (χ1) is 13.0. The molecule has 0 aromatic heterocycles. The van der Waals surface area contributed by atoms with Crippen molar-refractivity contribution in [3.8, 4) is 6.07 Å². The van der Waals surface area contributed by atoms with Crippen LogP contribution < -0.4 is 10.6 Å². The van der Waals surface area contributed by atoms with Gasteiger partial charge in [0, 0.05) is 21.1 Å². The first kappa shape index (κ1) is 19.2. The number of amides is 2. The van der Waals surface area contributed by atoms with Crippen molar-refractivity contribution >= 4 is 33.3 Å². The zero-order chi connectivity index (χ0) is 19.4. The first-order valence-electron chi connectivity index (χ1n) is 9.09. The van der Waals surface area contributed by atoms with Gasteiger partial charge in [0.2, 0.25) is 0 Å². The summed E-state index contributed by atoms with van der Waals surface area (Å²) in [6, 6.07) is 17.4. The molecule has 0 atom stereocenters. The van der Waals surface area contributed by atoms with E-state index in [0.29, 0.717) is 17.0 Å². The van der Waals surface area contributed by atoms with Gasteiger partial charge in [-0.15, -0.1) is 0 Å². The molecule has 2 aromatic carbocycles. The van der Waals surface area contributed by atoms with E-state index in [1.807, 2.05) is 42.5 Å². The molecule has 0 aliphatic heterocycles. The third-order valence-electron chi connectivity index (χ3n) is 5.40. The summed E-state index contributed by atoms with van der Waals surface area (Å²) in [6.07, 6.45) is 2.51. The lowest BCUT2D eigenvalue weighted by Gasteiger charge is -2.38. The Morgan fingerprint density at radius 1 is 1.11 bits per heavy atom. The van der Waals surface area contributed by atoms with Gasteiger partial charge in [-0.05, 0) is 49.1 Å². The number of carbonyl (C=O) groups excluding carboxylic acids is 1. The molecule has 0 spiro atoms. The van der Waals surface area contributed by atoms with E-state index in [0.717, 1.165) is 29.3 Å². The number of nitrogens with one attached hydrogen (secondary N) is 2. The number of urea groups is 1. The van der Waals surface area contributed by atoms with E-state index >= 15 is 0 Å². The largest absolute Gasteiger partial charge is 0.323 e. The number of allylic oxidation sites excluding steroid dienone is 1. The van der Waals surface area contributed by atoms with E-state index in [2.05, 4.69) is 52.5 Å². The number of rotatable bonds is 4. The number of hydrogen-bond acceptors (Lipinski definition) is 2. The van der Waals surface area contributed by atoms with Gasteiger partial charge in [0.05, 0.1) is 17.3 Å². The van der Waals surface area contributed by atoms with Crippen LogP contribution in [0.2, 0.25) is 0 Å². The fraction of sp³-hybridized carbons (Fsp3) is 0.273. The van der Waals surface area contributed by atoms with E-state index in [4.69, 9.17) is 0 Å². The molecule has 0 fully saturated rings. The fourth-order valence-electron chi connectivity index (χ4n) is 3.74. The second-order valence-corrected chi connectivity index (χ2v) is 7.68. The molecule has 3 rings (SSSR count). The van der Waals surface area contributed by atoms with Gasteiger partial charge in [0.15, 0.2) is 0 Å². The zero-order valence-electron chi connectivity index (χ0n) is 15.5. The molecule has 2 aromatic rings. The molecule has 2 amide bonds. The summed E-state index contributed by atoms with van der Waals surface area (Å²) >= 11 is 3.38. The van der Waals surface area contributed by atoms with Crippen LogP contribution in [0.1, 0.15) is 37.8 Å². The maximum absolute atomic E-state index is 12.6. The van der Waals surface area contributed by atoms with E-state index in [1.165, 1.54) is 5.56 Å². The van der Waals surface area contributed by atoms with Crippen LogP contribution in [0.4, 0.5) is 10.5 Å². The van der Waals surface area contributed by atoms with Crippen molar-refractivity contribution < 1.29 is 4.79 Å². The van der Waals surface area contributed by atoms with Crippen molar-refractivity contribution in [1.82, 2.24) is 5.32 Å². The van der Waals surface area contributed by atoms with Gasteiger partial charge in [-0.25, -0.2) is 4.79 Å². The summed E-state index contributed by atoms with van der Waals surface area (Å²) < 4.78 is 0.944. The molecule has 0 saturated heterocycles. The number of hydrogen-bond donors (Lipinski definition) is 2. The van der Waals surface area contributed by atoms with Gasteiger partial charge in [0.25, 0.3) is 0 Å². The summed E-state index contributed by atoms with van der Waals surface area (Å²) in [4.78, 5) is 12.6. The minimum atomic E-state index is -0.349. The second-order valence-electron chi connectivity index (χ2n) is 6.77. The Bertz CT molecular complexity index is 921. The number of benzene rings is 2. The van der Waals surface area contributed by atoms with E-state index in [9.17, 15) is 10.1 Å². The molecule has 0 saturated carbocycles. The predicted octanol–water partition coefficient (Wildman–Crippen LogP) is 5.87. The van der Waals surface area contributed by atoms with Crippen molar-refractivity contribution in [1.29, 1.82) is 5.26 Å². The topological polar surface area (TPSA) is 64.9 Å². The Morgan fingerprint density at radius 3 is 2.41 bits per heavy atom. The van der Waals surface area contributed by atoms with Gasteiger partial charge in [0.1, 0.15) is 0 Å². The number of fused-ring (bicyclic) bond motifs is 1. The Balaban J connectivity index is 1.98. The van der Waals surface area contributed by atoms with Gasteiger partial charge >= 0.3 is 6.03 Å². The molecule has 27 heavy (non-hydrogen) atoms. The molecule has 0 radical (unpaired) electrons. The van der Waals surface area contributed by atoms with Gasteiger partial charge in [-0.2, -0.15) is 5.26 Å². The Labute approximate surface area is 168 Å². The monoisotopic (exact) mass is 423 g/mol. The summed E-state index contributed by atoms with van der Waals surface area (Å²) in [5.41, 5.74) is 3.83. The van der Waals surface area contributed by atoms with E-state index in [-0.39, 0.29) is 11.4 Å². The van der Waals surface area contributed by atoms with Crippen LogP contribution in [0, 0.1) is 16.7 Å². The molecule has 1 aliphatic carbocycles. The van der Waals surface area contributed by atoms with Crippen molar-refractivity contribution in [2.24, 2.45) is 5.41 Å². The van der Waals surface area contributed by atoms with Crippen LogP contribution in [0.3, 0.4) is 0 Å². The molecule has 5 heteroatoms. The lowest BCUT2D eigenvalue weighted by Crippen LogP contribution is -2.36. The SMILES string of the molecule is CCC1(CC)Cc2ccccc2C(NC(=O)Nc2ccc(Br)cc2)=C1C#N. The van der Waals surface area contributed by atoms with Gasteiger partial charge in [-0.1, -0.05) is 54.0 Å². The van der Waals surface area contributed by atoms with E-state index < -0.39 is 0 Å². The Hall–Kier alpha value is -2.58.